The Morgan fingerprint density at radius 3 is 2.78 bits per heavy atom. The molecule has 4 rings (SSSR count). The number of fused-ring (bicyclic) bond motifs is 2. The van der Waals surface area contributed by atoms with Gasteiger partial charge in [-0.05, 0) is 76.1 Å². The van der Waals surface area contributed by atoms with E-state index < -0.39 is 0 Å². The van der Waals surface area contributed by atoms with Gasteiger partial charge in [0.25, 0.3) is 0 Å². The summed E-state index contributed by atoms with van der Waals surface area (Å²) in [4.78, 5) is 31.7. The molecule has 1 unspecified atom stereocenters. The van der Waals surface area contributed by atoms with Crippen LogP contribution in [0.3, 0.4) is 0 Å². The zero-order chi connectivity index (χ0) is 22.8. The first-order valence-corrected chi connectivity index (χ1v) is 12.7. The predicted molar refractivity (Wildman–Crippen MR) is 132 cm³/mol. The van der Waals surface area contributed by atoms with E-state index >= 15 is 0 Å². The molecule has 5 nitrogen and oxygen atoms in total. The van der Waals surface area contributed by atoms with Gasteiger partial charge in [-0.2, -0.15) is 0 Å². The fourth-order valence-electron chi connectivity index (χ4n) is 4.11. The maximum atomic E-state index is 13.1. The molecule has 0 saturated carbocycles. The number of amides is 1. The molecule has 0 fully saturated rings. The van der Waals surface area contributed by atoms with E-state index in [9.17, 15) is 9.59 Å². The largest absolute Gasteiger partial charge is 0.462 e. The number of esters is 1. The van der Waals surface area contributed by atoms with Gasteiger partial charge in [0.05, 0.1) is 28.0 Å². The molecular weight excluding hydrogens is 440 g/mol. The average molecular weight is 469 g/mol. The number of hydrogen-bond acceptors (Lipinski definition) is 6. The summed E-state index contributed by atoms with van der Waals surface area (Å²) in [7, 11) is 0. The van der Waals surface area contributed by atoms with Crippen LogP contribution in [0, 0.1) is 13.8 Å². The number of thioether (sulfide) groups is 1. The van der Waals surface area contributed by atoms with Crippen molar-refractivity contribution >= 4 is 50.9 Å². The number of ether oxygens (including phenoxy) is 1. The third-order valence-electron chi connectivity index (χ3n) is 5.78. The van der Waals surface area contributed by atoms with Crippen molar-refractivity contribution < 1.29 is 14.3 Å². The molecule has 32 heavy (non-hydrogen) atoms. The van der Waals surface area contributed by atoms with Gasteiger partial charge in [0.1, 0.15) is 5.00 Å². The summed E-state index contributed by atoms with van der Waals surface area (Å²) in [6.07, 6.45) is 3.98. The van der Waals surface area contributed by atoms with E-state index in [0.717, 1.165) is 58.3 Å². The van der Waals surface area contributed by atoms with Crippen LogP contribution in [0.5, 0.6) is 0 Å². The Kier molecular flexibility index (Phi) is 6.86. The van der Waals surface area contributed by atoms with Gasteiger partial charge >= 0.3 is 5.97 Å². The molecule has 1 aromatic carbocycles. The third-order valence-corrected chi connectivity index (χ3v) is 8.00. The highest BCUT2D eigenvalue weighted by Crippen LogP contribution is 2.39. The number of aryl methyl sites for hydroxylation is 3. The van der Waals surface area contributed by atoms with Crippen LogP contribution < -0.4 is 5.32 Å². The Labute approximate surface area is 197 Å². The number of carbonyl (C=O) groups is 2. The number of nitrogens with zero attached hydrogens (tertiary/aromatic N) is 1. The Morgan fingerprint density at radius 2 is 2.00 bits per heavy atom. The highest BCUT2D eigenvalue weighted by atomic mass is 32.2. The fourth-order valence-corrected chi connectivity index (χ4v) is 6.31. The van der Waals surface area contributed by atoms with Crippen molar-refractivity contribution in [3.63, 3.8) is 0 Å². The van der Waals surface area contributed by atoms with Crippen LogP contribution in [0.2, 0.25) is 0 Å². The summed E-state index contributed by atoms with van der Waals surface area (Å²) in [5, 5.41) is 5.23. The van der Waals surface area contributed by atoms with E-state index in [-0.39, 0.29) is 17.1 Å². The van der Waals surface area contributed by atoms with Crippen LogP contribution >= 0.6 is 23.1 Å². The summed E-state index contributed by atoms with van der Waals surface area (Å²) in [5.41, 5.74) is 4.83. The lowest BCUT2D eigenvalue weighted by Crippen LogP contribution is -2.23. The zero-order valence-electron chi connectivity index (χ0n) is 18.9. The van der Waals surface area contributed by atoms with Gasteiger partial charge in [0, 0.05) is 10.3 Å². The predicted octanol–water partition coefficient (Wildman–Crippen LogP) is 6.09. The number of thiophene rings is 1. The number of pyridine rings is 1. The van der Waals surface area contributed by atoms with Crippen molar-refractivity contribution in [3.8, 4) is 0 Å². The van der Waals surface area contributed by atoms with Crippen LogP contribution in [0.4, 0.5) is 5.00 Å². The smallest absolute Gasteiger partial charge is 0.341 e. The average Bonchev–Trinajstić information content (AvgIpc) is 3.12. The first-order chi connectivity index (χ1) is 15.4. The highest BCUT2D eigenvalue weighted by Gasteiger charge is 2.28. The second-order valence-corrected chi connectivity index (χ2v) is 10.6. The molecule has 1 aliphatic rings. The number of nitrogens with one attached hydrogen (secondary N) is 1. The monoisotopic (exact) mass is 468 g/mol. The van der Waals surface area contributed by atoms with E-state index in [0.29, 0.717) is 17.2 Å². The number of carbonyl (C=O) groups excluding carboxylic acids is 2. The molecule has 3 aromatic rings. The van der Waals surface area contributed by atoms with Crippen molar-refractivity contribution in [2.24, 2.45) is 0 Å². The lowest BCUT2D eigenvalue weighted by Gasteiger charge is -2.14. The molecule has 0 radical (unpaired) electrons. The fraction of sp³-hybridized carbons (Fsp3) is 0.400. The maximum Gasteiger partial charge on any atom is 0.341 e. The van der Waals surface area contributed by atoms with Crippen LogP contribution in [-0.2, 0) is 22.4 Å². The first-order valence-electron chi connectivity index (χ1n) is 11.0. The Morgan fingerprint density at radius 1 is 1.22 bits per heavy atom. The Hall–Kier alpha value is -2.38. The van der Waals surface area contributed by atoms with Crippen molar-refractivity contribution in [3.05, 3.63) is 51.4 Å². The van der Waals surface area contributed by atoms with E-state index in [1.807, 2.05) is 19.1 Å². The minimum absolute atomic E-state index is 0.136. The molecule has 1 amide bonds. The van der Waals surface area contributed by atoms with Crippen molar-refractivity contribution in [1.82, 2.24) is 4.98 Å². The molecule has 1 aliphatic carbocycles. The molecule has 2 heterocycles. The van der Waals surface area contributed by atoms with Crippen molar-refractivity contribution in [2.75, 3.05) is 11.9 Å². The third kappa shape index (κ3) is 4.55. The topological polar surface area (TPSA) is 68.3 Å². The van der Waals surface area contributed by atoms with Crippen LogP contribution in [0.15, 0.2) is 29.3 Å². The van der Waals surface area contributed by atoms with Crippen molar-refractivity contribution in [2.45, 2.75) is 63.7 Å². The van der Waals surface area contributed by atoms with E-state index in [1.165, 1.54) is 28.0 Å². The van der Waals surface area contributed by atoms with Crippen LogP contribution in [0.25, 0.3) is 10.9 Å². The number of hydrogen-bond donors (Lipinski definition) is 1. The summed E-state index contributed by atoms with van der Waals surface area (Å²) in [6, 6.07) is 8.20. The zero-order valence-corrected chi connectivity index (χ0v) is 20.5. The van der Waals surface area contributed by atoms with Gasteiger partial charge in [-0.15, -0.1) is 11.3 Å². The summed E-state index contributed by atoms with van der Waals surface area (Å²) in [6.45, 7) is 8.11. The van der Waals surface area contributed by atoms with E-state index in [1.54, 1.807) is 6.92 Å². The normalized spacial score (nSPS) is 14.1. The molecule has 0 saturated heterocycles. The molecular formula is C25H28N2O3S2. The van der Waals surface area contributed by atoms with Gasteiger partial charge in [-0.25, -0.2) is 9.78 Å². The molecule has 0 aliphatic heterocycles. The van der Waals surface area contributed by atoms with Gasteiger partial charge in [0.2, 0.25) is 5.91 Å². The summed E-state index contributed by atoms with van der Waals surface area (Å²) >= 11 is 2.95. The second kappa shape index (κ2) is 9.63. The molecule has 2 aromatic heterocycles. The molecule has 1 atom stereocenters. The number of para-hydroxylation sites is 1. The quantitative estimate of drug-likeness (QED) is 0.350. The van der Waals surface area contributed by atoms with E-state index in [4.69, 9.17) is 9.72 Å². The lowest BCUT2D eigenvalue weighted by molar-refractivity contribution is -0.115. The summed E-state index contributed by atoms with van der Waals surface area (Å²) in [5.74, 6) is -0.478. The van der Waals surface area contributed by atoms with Crippen LogP contribution in [0.1, 0.15) is 58.6 Å². The molecule has 7 heteroatoms. The minimum Gasteiger partial charge on any atom is -0.462 e. The molecule has 0 bridgehead atoms. The Balaban J connectivity index is 1.56. The first kappa shape index (κ1) is 22.8. The second-order valence-electron chi connectivity index (χ2n) is 8.13. The van der Waals surface area contributed by atoms with Crippen molar-refractivity contribution in [1.29, 1.82) is 0 Å². The number of rotatable bonds is 6. The SMILES string of the molecule is CCOC(=O)c1c(NC(=O)C(C)Sc2cc(C)c3cccc(C)c3n2)sc2c1CCCC2. The summed E-state index contributed by atoms with van der Waals surface area (Å²) < 4.78 is 5.30. The number of benzene rings is 1. The van der Waals surface area contributed by atoms with E-state index in [2.05, 4.69) is 31.3 Å². The molecule has 1 N–H and O–H groups in total. The van der Waals surface area contributed by atoms with Gasteiger partial charge < -0.3 is 10.1 Å². The van der Waals surface area contributed by atoms with Gasteiger partial charge in [0.15, 0.2) is 0 Å². The lowest BCUT2D eigenvalue weighted by atomic mass is 9.95. The number of aromatic nitrogens is 1. The van der Waals surface area contributed by atoms with Crippen LogP contribution in [-0.4, -0.2) is 28.7 Å². The highest BCUT2D eigenvalue weighted by molar-refractivity contribution is 8.00. The maximum absolute atomic E-state index is 13.1. The van der Waals surface area contributed by atoms with Gasteiger partial charge in [-0.3, -0.25) is 4.79 Å². The molecule has 0 spiro atoms. The van der Waals surface area contributed by atoms with Gasteiger partial charge in [-0.1, -0.05) is 30.0 Å². The number of anilines is 1. The minimum atomic E-state index is -0.363. The standard InChI is InChI=1S/C25H28N2O3S2/c1-5-30-25(29)21-18-10-6-7-12-19(18)32-24(21)27-23(28)16(4)31-20-13-15(3)17-11-8-9-14(2)22(17)26-20/h8-9,11,13,16H,5-7,10,12H2,1-4H3,(H,27,28). The Bertz CT molecular complexity index is 1190. The molecule has 168 valence electrons.